The predicted molar refractivity (Wildman–Crippen MR) is 60.2 cm³/mol. The van der Waals surface area contributed by atoms with Crippen LogP contribution >= 0.6 is 0 Å². The van der Waals surface area contributed by atoms with Crippen LogP contribution in [0.3, 0.4) is 0 Å². The van der Waals surface area contributed by atoms with Crippen LogP contribution in [0.25, 0.3) is 0 Å². The molecule has 0 aliphatic carbocycles. The number of rotatable bonds is 6. The molecule has 0 aromatic heterocycles. The van der Waals surface area contributed by atoms with Gasteiger partial charge in [0.25, 0.3) is 0 Å². The van der Waals surface area contributed by atoms with Crippen LogP contribution in [-0.4, -0.2) is 24.5 Å². The average molecular weight is 198 g/mol. The summed E-state index contributed by atoms with van der Waals surface area (Å²) >= 11 is 0. The smallest absolute Gasteiger partial charge is 0.237 e. The second-order valence-corrected chi connectivity index (χ2v) is 3.88. The van der Waals surface area contributed by atoms with E-state index in [0.717, 1.165) is 12.0 Å². The molecule has 14 heavy (non-hydrogen) atoms. The molecule has 2 unspecified atom stereocenters. The number of carbonyl (C=O) groups excluding carboxylic acids is 1. The number of nitrogens with one attached hydrogen (secondary N) is 2. The van der Waals surface area contributed by atoms with E-state index in [-0.39, 0.29) is 18.0 Å². The van der Waals surface area contributed by atoms with Gasteiger partial charge in [-0.2, -0.15) is 0 Å². The number of hydrogen-bond acceptors (Lipinski definition) is 2. The van der Waals surface area contributed by atoms with Crippen molar-refractivity contribution in [3.05, 3.63) is 12.2 Å². The normalized spacial score (nSPS) is 14.6. The van der Waals surface area contributed by atoms with Gasteiger partial charge in [0.15, 0.2) is 0 Å². The molecule has 0 spiro atoms. The predicted octanol–water partition coefficient (Wildman–Crippen LogP) is 1.46. The number of amides is 1. The molecule has 0 aliphatic rings. The highest BCUT2D eigenvalue weighted by Crippen LogP contribution is 1.91. The van der Waals surface area contributed by atoms with Gasteiger partial charge in [0.1, 0.15) is 0 Å². The van der Waals surface area contributed by atoms with Crippen LogP contribution in [0.1, 0.15) is 34.1 Å². The first-order valence-corrected chi connectivity index (χ1v) is 5.15. The van der Waals surface area contributed by atoms with Gasteiger partial charge >= 0.3 is 0 Å². The highest BCUT2D eigenvalue weighted by Gasteiger charge is 2.13. The molecular weight excluding hydrogens is 176 g/mol. The van der Waals surface area contributed by atoms with Gasteiger partial charge in [-0.05, 0) is 27.2 Å². The summed E-state index contributed by atoms with van der Waals surface area (Å²) in [5.74, 6) is 0.0561. The molecule has 0 fully saturated rings. The maximum absolute atomic E-state index is 11.5. The van der Waals surface area contributed by atoms with Crippen molar-refractivity contribution < 1.29 is 4.79 Å². The van der Waals surface area contributed by atoms with Gasteiger partial charge in [-0.15, -0.1) is 0 Å². The second-order valence-electron chi connectivity index (χ2n) is 3.88. The van der Waals surface area contributed by atoms with E-state index in [0.29, 0.717) is 6.54 Å². The molecule has 0 radical (unpaired) electrons. The lowest BCUT2D eigenvalue weighted by Gasteiger charge is -2.17. The van der Waals surface area contributed by atoms with Crippen molar-refractivity contribution in [2.75, 3.05) is 6.54 Å². The third kappa shape index (κ3) is 5.75. The fourth-order valence-corrected chi connectivity index (χ4v) is 0.890. The van der Waals surface area contributed by atoms with Crippen LogP contribution in [0.15, 0.2) is 12.2 Å². The molecule has 0 saturated carbocycles. The molecule has 0 heterocycles. The number of hydrogen-bond donors (Lipinski definition) is 2. The fraction of sp³-hybridized carbons (Fsp3) is 0.727. The molecule has 0 aromatic rings. The molecule has 0 bridgehead atoms. The standard InChI is InChI=1S/C11H22N2O/c1-6-9(4)13-11(14)10(5)12-7-8(2)3/h9-10,12H,2,6-7H2,1,3-5H3,(H,13,14). The molecule has 3 nitrogen and oxygen atoms in total. The highest BCUT2D eigenvalue weighted by atomic mass is 16.2. The van der Waals surface area contributed by atoms with E-state index in [9.17, 15) is 4.79 Å². The van der Waals surface area contributed by atoms with Crippen molar-refractivity contribution in [1.29, 1.82) is 0 Å². The van der Waals surface area contributed by atoms with Gasteiger partial charge in [0.2, 0.25) is 5.91 Å². The fourth-order valence-electron chi connectivity index (χ4n) is 0.890. The number of carbonyl (C=O) groups is 1. The minimum absolute atomic E-state index is 0.0561. The Hall–Kier alpha value is -0.830. The molecule has 1 amide bonds. The van der Waals surface area contributed by atoms with E-state index < -0.39 is 0 Å². The van der Waals surface area contributed by atoms with Gasteiger partial charge < -0.3 is 10.6 Å². The van der Waals surface area contributed by atoms with Crippen molar-refractivity contribution in [3.8, 4) is 0 Å². The van der Waals surface area contributed by atoms with E-state index in [4.69, 9.17) is 0 Å². The summed E-state index contributed by atoms with van der Waals surface area (Å²) in [5.41, 5.74) is 1.04. The molecule has 2 atom stereocenters. The third-order valence-corrected chi connectivity index (χ3v) is 2.10. The molecular formula is C11H22N2O. The molecule has 0 aromatic carbocycles. The summed E-state index contributed by atoms with van der Waals surface area (Å²) in [6, 6.07) is 0.0947. The lowest BCUT2D eigenvalue weighted by atomic mass is 10.2. The Balaban J connectivity index is 3.81. The first-order valence-electron chi connectivity index (χ1n) is 5.15. The third-order valence-electron chi connectivity index (χ3n) is 2.10. The van der Waals surface area contributed by atoms with Crippen LogP contribution in [-0.2, 0) is 4.79 Å². The SMILES string of the molecule is C=C(C)CNC(C)C(=O)NC(C)CC. The van der Waals surface area contributed by atoms with Crippen LogP contribution in [0.5, 0.6) is 0 Å². The Morgan fingerprint density at radius 1 is 1.43 bits per heavy atom. The van der Waals surface area contributed by atoms with Crippen molar-refractivity contribution in [3.63, 3.8) is 0 Å². The van der Waals surface area contributed by atoms with Crippen molar-refractivity contribution >= 4 is 5.91 Å². The topological polar surface area (TPSA) is 41.1 Å². The van der Waals surface area contributed by atoms with E-state index in [1.807, 2.05) is 20.8 Å². The first kappa shape index (κ1) is 13.2. The second kappa shape index (κ2) is 6.60. The molecule has 82 valence electrons. The van der Waals surface area contributed by atoms with Crippen molar-refractivity contribution in [1.82, 2.24) is 10.6 Å². The Bertz CT molecular complexity index is 201. The van der Waals surface area contributed by atoms with Gasteiger partial charge in [-0.25, -0.2) is 0 Å². The van der Waals surface area contributed by atoms with Crippen LogP contribution < -0.4 is 10.6 Å². The Morgan fingerprint density at radius 2 is 2.00 bits per heavy atom. The maximum Gasteiger partial charge on any atom is 0.237 e. The van der Waals surface area contributed by atoms with E-state index in [1.165, 1.54) is 0 Å². The minimum Gasteiger partial charge on any atom is -0.352 e. The summed E-state index contributed by atoms with van der Waals surface area (Å²) in [4.78, 5) is 11.5. The lowest BCUT2D eigenvalue weighted by Crippen LogP contribution is -2.45. The largest absolute Gasteiger partial charge is 0.352 e. The molecule has 0 rings (SSSR count). The molecule has 0 saturated heterocycles. The van der Waals surface area contributed by atoms with Crippen molar-refractivity contribution in [2.45, 2.75) is 46.2 Å². The van der Waals surface area contributed by atoms with Gasteiger partial charge in [-0.1, -0.05) is 19.1 Å². The molecule has 3 heteroatoms. The summed E-state index contributed by atoms with van der Waals surface area (Å²) in [6.07, 6.45) is 0.957. The minimum atomic E-state index is -0.152. The zero-order chi connectivity index (χ0) is 11.1. The van der Waals surface area contributed by atoms with Crippen LogP contribution in [0, 0.1) is 0 Å². The van der Waals surface area contributed by atoms with Gasteiger partial charge in [-0.3, -0.25) is 4.79 Å². The van der Waals surface area contributed by atoms with Crippen LogP contribution in [0.2, 0.25) is 0 Å². The summed E-state index contributed by atoms with van der Waals surface area (Å²) in [7, 11) is 0. The van der Waals surface area contributed by atoms with E-state index in [1.54, 1.807) is 0 Å². The van der Waals surface area contributed by atoms with Gasteiger partial charge in [0.05, 0.1) is 6.04 Å². The summed E-state index contributed by atoms with van der Waals surface area (Å²) < 4.78 is 0. The lowest BCUT2D eigenvalue weighted by molar-refractivity contribution is -0.123. The Morgan fingerprint density at radius 3 is 2.43 bits per heavy atom. The highest BCUT2D eigenvalue weighted by molar-refractivity contribution is 5.81. The Kier molecular flexibility index (Phi) is 6.21. The first-order chi connectivity index (χ1) is 6.47. The van der Waals surface area contributed by atoms with Gasteiger partial charge in [0, 0.05) is 12.6 Å². The average Bonchev–Trinajstić information content (AvgIpc) is 2.13. The zero-order valence-electron chi connectivity index (χ0n) is 9.68. The van der Waals surface area contributed by atoms with Crippen molar-refractivity contribution in [2.24, 2.45) is 0 Å². The summed E-state index contributed by atoms with van der Waals surface area (Å²) in [6.45, 7) is 12.3. The van der Waals surface area contributed by atoms with Crippen LogP contribution in [0.4, 0.5) is 0 Å². The molecule has 0 aliphatic heterocycles. The quantitative estimate of drug-likeness (QED) is 0.634. The van der Waals surface area contributed by atoms with E-state index >= 15 is 0 Å². The maximum atomic E-state index is 11.5. The zero-order valence-corrected chi connectivity index (χ0v) is 9.68. The molecule has 2 N–H and O–H groups in total. The van der Waals surface area contributed by atoms with E-state index in [2.05, 4.69) is 24.1 Å². The monoisotopic (exact) mass is 198 g/mol. The Labute approximate surface area is 87.0 Å². The summed E-state index contributed by atoms with van der Waals surface area (Å²) in [5, 5.41) is 6.02.